The molecule has 1 amide bonds. The number of allylic oxidation sites excluding steroid dienone is 7. The normalized spacial score (nSPS) is 28.3. The molecule has 3 aliphatic heterocycles. The van der Waals surface area contributed by atoms with E-state index >= 15 is 0 Å². The van der Waals surface area contributed by atoms with Gasteiger partial charge in [0.25, 0.3) is 0 Å². The van der Waals surface area contributed by atoms with Crippen molar-refractivity contribution >= 4 is 5.91 Å². The van der Waals surface area contributed by atoms with Crippen molar-refractivity contribution in [3.63, 3.8) is 0 Å². The maximum atomic E-state index is 13.3. The molecule has 3 saturated heterocycles. The van der Waals surface area contributed by atoms with Crippen LogP contribution in [-0.2, 0) is 33.2 Å². The van der Waals surface area contributed by atoms with Crippen LogP contribution in [0, 0.1) is 0 Å². The molecule has 0 aromatic heterocycles. The molecule has 17 atom stereocenters. The summed E-state index contributed by atoms with van der Waals surface area (Å²) in [5.74, 6) is -0.300. The van der Waals surface area contributed by atoms with Gasteiger partial charge in [0.15, 0.2) is 18.9 Å². The number of carbonyl (C=O) groups excluding carboxylic acids is 1. The Balaban J connectivity index is 1.38. The van der Waals surface area contributed by atoms with Crippen LogP contribution in [0.1, 0.15) is 264 Å². The van der Waals surface area contributed by atoms with Gasteiger partial charge in [0, 0.05) is 6.42 Å². The van der Waals surface area contributed by atoms with Gasteiger partial charge in [0.05, 0.1) is 38.6 Å². The maximum absolute atomic E-state index is 13.3. The van der Waals surface area contributed by atoms with Crippen molar-refractivity contribution in [3.05, 3.63) is 48.6 Å². The Labute approximate surface area is 542 Å². The van der Waals surface area contributed by atoms with E-state index in [-0.39, 0.29) is 18.9 Å². The molecule has 0 spiro atoms. The molecule has 19 heteroatoms. The Morgan fingerprint density at radius 1 is 0.389 bits per heavy atom. The molecule has 3 fully saturated rings. The molecule has 0 aromatic rings. The number of amides is 1. The quantitative estimate of drug-likeness (QED) is 0.0199. The molecule has 526 valence electrons. The third kappa shape index (κ3) is 34.4. The number of ether oxygens (including phenoxy) is 6. The molecule has 0 aromatic carbocycles. The summed E-state index contributed by atoms with van der Waals surface area (Å²) in [5.41, 5.74) is 0. The van der Waals surface area contributed by atoms with E-state index in [2.05, 4.69) is 55.6 Å². The number of aliphatic hydroxyl groups is 11. The number of unbranched alkanes of at least 4 members (excludes halogenated alkanes) is 33. The van der Waals surface area contributed by atoms with Crippen LogP contribution < -0.4 is 5.32 Å². The van der Waals surface area contributed by atoms with Gasteiger partial charge in [-0.25, -0.2) is 0 Å². The van der Waals surface area contributed by atoms with Crippen LogP contribution in [0.2, 0.25) is 0 Å². The van der Waals surface area contributed by atoms with Crippen LogP contribution >= 0.6 is 0 Å². The van der Waals surface area contributed by atoms with Crippen molar-refractivity contribution in [1.29, 1.82) is 0 Å². The summed E-state index contributed by atoms with van der Waals surface area (Å²) in [7, 11) is 0. The number of nitrogens with one attached hydrogen (secondary N) is 1. The van der Waals surface area contributed by atoms with E-state index in [1.807, 2.05) is 6.08 Å². The Morgan fingerprint density at radius 3 is 1.13 bits per heavy atom. The van der Waals surface area contributed by atoms with E-state index in [1.54, 1.807) is 6.08 Å². The highest BCUT2D eigenvalue weighted by atomic mass is 16.8. The van der Waals surface area contributed by atoms with E-state index in [0.717, 1.165) is 64.2 Å². The Morgan fingerprint density at radius 2 is 0.711 bits per heavy atom. The minimum atomic E-state index is -1.98. The Kier molecular flexibility index (Phi) is 48.2. The van der Waals surface area contributed by atoms with Gasteiger partial charge in [-0.1, -0.05) is 236 Å². The third-order valence-corrected chi connectivity index (χ3v) is 17.8. The first-order valence-corrected chi connectivity index (χ1v) is 35.9. The fraction of sp³-hybridized carbons (Fsp3) is 0.873. The van der Waals surface area contributed by atoms with Crippen LogP contribution in [0.3, 0.4) is 0 Å². The zero-order chi connectivity index (χ0) is 65.4. The average molecular weight is 1280 g/mol. The molecule has 3 aliphatic rings. The second kappa shape index (κ2) is 53.0. The summed E-state index contributed by atoms with van der Waals surface area (Å²) in [5, 5.41) is 120. The summed E-state index contributed by atoms with van der Waals surface area (Å²) in [6.45, 7) is 1.68. The third-order valence-electron chi connectivity index (χ3n) is 17.8. The summed E-state index contributed by atoms with van der Waals surface area (Å²) in [6, 6.07) is -1.00. The smallest absolute Gasteiger partial charge is 0.220 e. The molecule has 0 aliphatic carbocycles. The second-order valence-electron chi connectivity index (χ2n) is 25.7. The van der Waals surface area contributed by atoms with Gasteiger partial charge in [-0.3, -0.25) is 4.79 Å². The topological polar surface area (TPSA) is 307 Å². The van der Waals surface area contributed by atoms with Crippen LogP contribution in [0.25, 0.3) is 0 Å². The van der Waals surface area contributed by atoms with Gasteiger partial charge >= 0.3 is 0 Å². The van der Waals surface area contributed by atoms with E-state index in [4.69, 9.17) is 28.4 Å². The van der Waals surface area contributed by atoms with Crippen molar-refractivity contribution in [3.8, 4) is 0 Å². The lowest BCUT2D eigenvalue weighted by molar-refractivity contribution is -0.379. The zero-order valence-electron chi connectivity index (χ0n) is 55.6. The average Bonchev–Trinajstić information content (AvgIpc) is 1.55. The highest BCUT2D eigenvalue weighted by Crippen LogP contribution is 2.33. The number of hydrogen-bond donors (Lipinski definition) is 12. The Hall–Kier alpha value is -2.25. The first-order chi connectivity index (χ1) is 43.8. The SMILES string of the molecule is CCCCC/C=C\CCCCCCCC(=O)NC(COC1OC(CO)C(OC2OC(CO)C(OC3OC(CO)C(O)C(O)C3O)C(O)C2O)C(O)C1O)C(O)/C=C/CC/C=C/CC/C=C/CCCCCCCCCCCCCCCCCCCCCCCCC. The van der Waals surface area contributed by atoms with Crippen LogP contribution in [0.5, 0.6) is 0 Å². The van der Waals surface area contributed by atoms with Gasteiger partial charge in [-0.15, -0.1) is 0 Å². The summed E-state index contributed by atoms with van der Waals surface area (Å²) in [4.78, 5) is 13.3. The summed E-state index contributed by atoms with van der Waals surface area (Å²) < 4.78 is 34.3. The zero-order valence-corrected chi connectivity index (χ0v) is 55.6. The molecular formula is C71H129NO18. The predicted octanol–water partition coefficient (Wildman–Crippen LogP) is 9.78. The lowest BCUT2D eigenvalue weighted by Crippen LogP contribution is -2.66. The van der Waals surface area contributed by atoms with Crippen molar-refractivity contribution in [1.82, 2.24) is 5.32 Å². The van der Waals surface area contributed by atoms with Crippen LogP contribution in [0.4, 0.5) is 0 Å². The molecule has 90 heavy (non-hydrogen) atoms. The first kappa shape index (κ1) is 82.0. The van der Waals surface area contributed by atoms with E-state index in [1.165, 1.54) is 167 Å². The summed E-state index contributed by atoms with van der Waals surface area (Å²) >= 11 is 0. The Bertz CT molecular complexity index is 1820. The molecule has 3 heterocycles. The molecule has 0 radical (unpaired) electrons. The minimum absolute atomic E-state index is 0.221. The van der Waals surface area contributed by atoms with Crippen molar-refractivity contribution < 1.29 is 89.4 Å². The largest absolute Gasteiger partial charge is 0.394 e. The van der Waals surface area contributed by atoms with Crippen molar-refractivity contribution in [2.24, 2.45) is 0 Å². The van der Waals surface area contributed by atoms with Crippen molar-refractivity contribution in [2.75, 3.05) is 26.4 Å². The van der Waals surface area contributed by atoms with E-state index in [9.17, 15) is 61.0 Å². The highest BCUT2D eigenvalue weighted by Gasteiger charge is 2.53. The standard InChI is InChI=1S/C71H129NO18/c1-3-5-7-9-11-13-15-17-18-19-20-21-22-23-24-25-26-27-28-29-30-31-32-33-34-35-36-37-38-40-42-44-46-48-55(76)54(72-59(77)49-47-45-43-41-39-16-14-12-10-8-6-4-2)53-85-69-65(83)62(80)67(57(51-74)87-69)90-71-66(84)63(81)68(58(52-75)88-71)89-70-64(82)61(79)60(78)56(50-73)86-70/h12,14,34-35,38,40,46,48,54-58,60-71,73-76,78-84H,3-11,13,15-33,36-37,39,41-45,47,49-53H2,1-2H3,(H,72,77)/b14-12-,35-34+,40-38+,48-46+. The molecule has 12 N–H and O–H groups in total. The van der Waals surface area contributed by atoms with Gasteiger partial charge < -0.3 is 89.9 Å². The van der Waals surface area contributed by atoms with Gasteiger partial charge in [0.2, 0.25) is 5.91 Å². The predicted molar refractivity (Wildman–Crippen MR) is 351 cm³/mol. The van der Waals surface area contributed by atoms with Gasteiger partial charge in [-0.2, -0.15) is 0 Å². The summed E-state index contributed by atoms with van der Waals surface area (Å²) in [6.07, 6.45) is 37.0. The number of carbonyl (C=O) groups is 1. The minimum Gasteiger partial charge on any atom is -0.394 e. The first-order valence-electron chi connectivity index (χ1n) is 35.9. The van der Waals surface area contributed by atoms with Crippen molar-refractivity contribution in [2.45, 2.75) is 369 Å². The number of hydrogen-bond acceptors (Lipinski definition) is 18. The number of rotatable bonds is 55. The van der Waals surface area contributed by atoms with Crippen LogP contribution in [-0.4, -0.2) is 193 Å². The molecule has 19 nitrogen and oxygen atoms in total. The van der Waals surface area contributed by atoms with E-state index < -0.39 is 124 Å². The fourth-order valence-corrected chi connectivity index (χ4v) is 12.0. The monoisotopic (exact) mass is 1280 g/mol. The van der Waals surface area contributed by atoms with Crippen LogP contribution in [0.15, 0.2) is 48.6 Å². The highest BCUT2D eigenvalue weighted by molar-refractivity contribution is 5.76. The van der Waals surface area contributed by atoms with Gasteiger partial charge in [-0.05, 0) is 70.6 Å². The molecule has 17 unspecified atom stereocenters. The molecule has 0 saturated carbocycles. The van der Waals surface area contributed by atoms with E-state index in [0.29, 0.717) is 12.8 Å². The molecule has 0 bridgehead atoms. The molecule has 3 rings (SSSR count). The van der Waals surface area contributed by atoms with Gasteiger partial charge in [0.1, 0.15) is 73.2 Å². The number of aliphatic hydroxyl groups excluding tert-OH is 11. The lowest BCUT2D eigenvalue weighted by atomic mass is 9.96. The second-order valence-corrected chi connectivity index (χ2v) is 25.7. The maximum Gasteiger partial charge on any atom is 0.220 e. The molecular weight excluding hydrogens is 1150 g/mol. The lowest BCUT2D eigenvalue weighted by Gasteiger charge is -2.48. The fourth-order valence-electron chi connectivity index (χ4n) is 12.0.